The van der Waals surface area contributed by atoms with Crippen LogP contribution in [-0.4, -0.2) is 31.6 Å². The van der Waals surface area contributed by atoms with Crippen LogP contribution in [-0.2, 0) is 0 Å². The van der Waals surface area contributed by atoms with E-state index in [1.807, 2.05) is 6.92 Å². The summed E-state index contributed by atoms with van der Waals surface area (Å²) in [5.74, 6) is 0.320. The van der Waals surface area contributed by atoms with Crippen molar-refractivity contribution in [1.82, 2.24) is 20.1 Å². The number of aromatic nitrogens is 3. The van der Waals surface area contributed by atoms with Crippen molar-refractivity contribution in [2.45, 2.75) is 46.1 Å². The first kappa shape index (κ1) is 18.6. The van der Waals surface area contributed by atoms with Crippen LogP contribution in [0.2, 0.25) is 0 Å². The molecule has 25 heavy (non-hydrogen) atoms. The maximum Gasteiger partial charge on any atom is 0.295 e. The average molecular weight is 345 g/mol. The van der Waals surface area contributed by atoms with Crippen molar-refractivity contribution < 1.29 is 9.72 Å². The molecule has 0 fully saturated rings. The van der Waals surface area contributed by atoms with Crippen LogP contribution in [0.5, 0.6) is 0 Å². The number of nitrogens with zero attached hydrogens (tertiary/aromatic N) is 4. The van der Waals surface area contributed by atoms with Gasteiger partial charge in [-0.25, -0.2) is 9.67 Å². The standard InChI is InChI=1S/C17H23N5O3/c1-12(2)5-4-6-13(3)20-17(23)14-7-8-15(16(9-14)22(24)25)21-11-18-10-19-21/h7-13H,4-6H2,1-3H3,(H,20,23). The molecule has 0 aliphatic carbocycles. The summed E-state index contributed by atoms with van der Waals surface area (Å²) in [6.45, 7) is 6.27. The van der Waals surface area contributed by atoms with E-state index in [1.54, 1.807) is 6.07 Å². The molecule has 1 unspecified atom stereocenters. The first-order chi connectivity index (χ1) is 11.9. The maximum atomic E-state index is 12.4. The molecule has 8 nitrogen and oxygen atoms in total. The van der Waals surface area contributed by atoms with Crippen LogP contribution < -0.4 is 5.32 Å². The lowest BCUT2D eigenvalue weighted by Crippen LogP contribution is -2.32. The van der Waals surface area contributed by atoms with Crippen molar-refractivity contribution in [1.29, 1.82) is 0 Å². The van der Waals surface area contributed by atoms with Gasteiger partial charge in [-0.3, -0.25) is 14.9 Å². The summed E-state index contributed by atoms with van der Waals surface area (Å²) in [5, 5.41) is 18.1. The lowest BCUT2D eigenvalue weighted by Gasteiger charge is -2.15. The normalized spacial score (nSPS) is 12.2. The van der Waals surface area contributed by atoms with E-state index in [9.17, 15) is 14.9 Å². The molecule has 0 bridgehead atoms. The summed E-state index contributed by atoms with van der Waals surface area (Å²) >= 11 is 0. The van der Waals surface area contributed by atoms with E-state index in [4.69, 9.17) is 0 Å². The molecule has 0 aliphatic rings. The number of hydrogen-bond donors (Lipinski definition) is 1. The first-order valence-electron chi connectivity index (χ1n) is 8.32. The molecule has 0 spiro atoms. The van der Waals surface area contributed by atoms with Crippen molar-refractivity contribution in [3.05, 3.63) is 46.5 Å². The Bertz CT molecular complexity index is 728. The highest BCUT2D eigenvalue weighted by Gasteiger charge is 2.20. The second kappa shape index (κ2) is 8.36. The number of carbonyl (C=O) groups excluding carboxylic acids is 1. The molecule has 1 N–H and O–H groups in total. The number of amides is 1. The predicted molar refractivity (Wildman–Crippen MR) is 93.6 cm³/mol. The highest BCUT2D eigenvalue weighted by molar-refractivity contribution is 5.95. The van der Waals surface area contributed by atoms with Gasteiger partial charge in [0.1, 0.15) is 18.3 Å². The highest BCUT2D eigenvalue weighted by Crippen LogP contribution is 2.23. The second-order valence-electron chi connectivity index (χ2n) is 6.50. The number of hydrogen-bond acceptors (Lipinski definition) is 5. The molecule has 1 heterocycles. The van der Waals surface area contributed by atoms with Crippen LogP contribution >= 0.6 is 0 Å². The Kier molecular flexibility index (Phi) is 6.21. The molecular weight excluding hydrogens is 322 g/mol. The Morgan fingerprint density at radius 3 is 2.68 bits per heavy atom. The Labute approximate surface area is 146 Å². The monoisotopic (exact) mass is 345 g/mol. The molecule has 1 amide bonds. The average Bonchev–Trinajstić information content (AvgIpc) is 3.08. The smallest absolute Gasteiger partial charge is 0.295 e. The van der Waals surface area contributed by atoms with Gasteiger partial charge in [0, 0.05) is 17.7 Å². The maximum absolute atomic E-state index is 12.4. The lowest BCUT2D eigenvalue weighted by molar-refractivity contribution is -0.384. The van der Waals surface area contributed by atoms with E-state index in [2.05, 4.69) is 29.2 Å². The third kappa shape index (κ3) is 5.10. The van der Waals surface area contributed by atoms with Gasteiger partial charge in [0.15, 0.2) is 0 Å². The van der Waals surface area contributed by atoms with Gasteiger partial charge >= 0.3 is 0 Å². The minimum absolute atomic E-state index is 0.0142. The van der Waals surface area contributed by atoms with Gasteiger partial charge in [0.25, 0.3) is 11.6 Å². The van der Waals surface area contributed by atoms with Crippen LogP contribution in [0.1, 0.15) is 50.4 Å². The van der Waals surface area contributed by atoms with Gasteiger partial charge in [-0.1, -0.05) is 26.7 Å². The third-order valence-corrected chi connectivity index (χ3v) is 3.90. The Morgan fingerprint density at radius 2 is 2.08 bits per heavy atom. The number of nitro benzene ring substituents is 1. The van der Waals surface area contributed by atoms with E-state index < -0.39 is 4.92 Å². The molecule has 1 aromatic carbocycles. The summed E-state index contributed by atoms with van der Waals surface area (Å²) in [4.78, 5) is 26.9. The molecule has 8 heteroatoms. The minimum atomic E-state index is -0.528. The van der Waals surface area contributed by atoms with Crippen LogP contribution in [0.25, 0.3) is 5.69 Å². The van der Waals surface area contributed by atoms with Gasteiger partial charge < -0.3 is 5.32 Å². The fourth-order valence-electron chi connectivity index (χ4n) is 2.55. The lowest BCUT2D eigenvalue weighted by atomic mass is 10.0. The number of benzene rings is 1. The van der Waals surface area contributed by atoms with Gasteiger partial charge in [0.2, 0.25) is 0 Å². The number of nitrogens with one attached hydrogen (secondary N) is 1. The van der Waals surface area contributed by atoms with E-state index in [0.717, 1.165) is 19.3 Å². The largest absolute Gasteiger partial charge is 0.350 e. The van der Waals surface area contributed by atoms with Crippen molar-refractivity contribution in [3.8, 4) is 5.69 Å². The van der Waals surface area contributed by atoms with Crippen LogP contribution in [0.4, 0.5) is 5.69 Å². The molecule has 0 saturated carbocycles. The van der Waals surface area contributed by atoms with Gasteiger partial charge in [0.05, 0.1) is 4.92 Å². The van der Waals surface area contributed by atoms with E-state index in [-0.39, 0.29) is 28.9 Å². The van der Waals surface area contributed by atoms with Crippen molar-refractivity contribution >= 4 is 11.6 Å². The summed E-state index contributed by atoms with van der Waals surface area (Å²) in [6.07, 6.45) is 5.69. The van der Waals surface area contributed by atoms with Crippen LogP contribution in [0, 0.1) is 16.0 Å². The molecule has 1 atom stereocenters. The second-order valence-corrected chi connectivity index (χ2v) is 6.50. The van der Waals surface area contributed by atoms with E-state index in [1.165, 1.54) is 29.5 Å². The molecule has 2 aromatic rings. The molecule has 0 aliphatic heterocycles. The van der Waals surface area contributed by atoms with Crippen molar-refractivity contribution in [3.63, 3.8) is 0 Å². The SMILES string of the molecule is CC(C)CCCC(C)NC(=O)c1ccc(-n2cncn2)c([N+](=O)[O-])c1. The highest BCUT2D eigenvalue weighted by atomic mass is 16.6. The van der Waals surface area contributed by atoms with Crippen molar-refractivity contribution in [2.24, 2.45) is 5.92 Å². The molecular formula is C17H23N5O3. The Hall–Kier alpha value is -2.77. The van der Waals surface area contributed by atoms with Gasteiger partial charge in [-0.05, 0) is 31.4 Å². The van der Waals surface area contributed by atoms with Gasteiger partial charge in [-0.2, -0.15) is 5.10 Å². The molecule has 2 rings (SSSR count). The van der Waals surface area contributed by atoms with E-state index >= 15 is 0 Å². The summed E-state index contributed by atoms with van der Waals surface area (Å²) < 4.78 is 1.30. The number of nitro groups is 1. The Morgan fingerprint density at radius 1 is 1.32 bits per heavy atom. The first-order valence-corrected chi connectivity index (χ1v) is 8.32. The fourth-order valence-corrected chi connectivity index (χ4v) is 2.55. The topological polar surface area (TPSA) is 103 Å². The number of carbonyl (C=O) groups is 1. The van der Waals surface area contributed by atoms with Crippen molar-refractivity contribution in [2.75, 3.05) is 0 Å². The van der Waals surface area contributed by atoms with Gasteiger partial charge in [-0.15, -0.1) is 0 Å². The van der Waals surface area contributed by atoms with Crippen LogP contribution in [0.15, 0.2) is 30.9 Å². The zero-order valence-electron chi connectivity index (χ0n) is 14.7. The predicted octanol–water partition coefficient (Wildman–Crippen LogP) is 3.12. The summed E-state index contributed by atoms with van der Waals surface area (Å²) in [7, 11) is 0. The number of rotatable bonds is 8. The quantitative estimate of drug-likeness (QED) is 0.585. The molecule has 1 aromatic heterocycles. The summed E-state index contributed by atoms with van der Waals surface area (Å²) in [5.41, 5.74) is 0.334. The molecule has 0 radical (unpaired) electrons. The van der Waals surface area contributed by atoms with E-state index in [0.29, 0.717) is 5.92 Å². The zero-order chi connectivity index (χ0) is 18.4. The fraction of sp³-hybridized carbons (Fsp3) is 0.471. The molecule has 134 valence electrons. The third-order valence-electron chi connectivity index (χ3n) is 3.90. The Balaban J connectivity index is 2.10. The molecule has 0 saturated heterocycles. The zero-order valence-corrected chi connectivity index (χ0v) is 14.7. The minimum Gasteiger partial charge on any atom is -0.350 e. The van der Waals surface area contributed by atoms with Crippen LogP contribution in [0.3, 0.4) is 0 Å². The summed E-state index contributed by atoms with van der Waals surface area (Å²) in [6, 6.07) is 4.35.